The van der Waals surface area contributed by atoms with Crippen LogP contribution >= 0.6 is 15.9 Å². The molecule has 0 atom stereocenters. The van der Waals surface area contributed by atoms with Crippen LogP contribution in [0, 0.1) is 5.82 Å². The van der Waals surface area contributed by atoms with Gasteiger partial charge < -0.3 is 5.73 Å². The second-order valence-corrected chi connectivity index (χ2v) is 7.25. The zero-order valence-corrected chi connectivity index (χ0v) is 12.8. The highest BCUT2D eigenvalue weighted by Crippen LogP contribution is 2.21. The van der Waals surface area contributed by atoms with Gasteiger partial charge in [0.2, 0.25) is 15.9 Å². The van der Waals surface area contributed by atoms with Crippen molar-refractivity contribution in [1.82, 2.24) is 4.72 Å². The first-order valence-electron chi connectivity index (χ1n) is 5.31. The fraction of sp³-hybridized carbons (Fsp3) is 0.364. The number of rotatable bonds is 5. The van der Waals surface area contributed by atoms with Crippen LogP contribution in [0.1, 0.15) is 20.3 Å². The Morgan fingerprint density at radius 2 is 2.05 bits per heavy atom. The molecule has 0 fully saturated rings. The van der Waals surface area contributed by atoms with E-state index in [1.165, 1.54) is 26.0 Å². The Bertz CT molecular complexity index is 602. The number of amides is 1. The predicted octanol–water partition coefficient (Wildman–Crippen LogP) is 1.52. The molecule has 0 heterocycles. The highest BCUT2D eigenvalue weighted by molar-refractivity contribution is 9.10. The van der Waals surface area contributed by atoms with Crippen LogP contribution < -0.4 is 10.5 Å². The van der Waals surface area contributed by atoms with Crippen LogP contribution in [0.3, 0.4) is 0 Å². The molecule has 106 valence electrons. The van der Waals surface area contributed by atoms with E-state index < -0.39 is 27.3 Å². The van der Waals surface area contributed by atoms with Gasteiger partial charge in [-0.3, -0.25) is 4.79 Å². The third-order valence-corrected chi connectivity index (χ3v) is 4.57. The molecule has 5 nitrogen and oxygen atoms in total. The lowest BCUT2D eigenvalue weighted by Crippen LogP contribution is -2.45. The summed E-state index contributed by atoms with van der Waals surface area (Å²) >= 11 is 2.94. The third kappa shape index (κ3) is 4.55. The van der Waals surface area contributed by atoms with Crippen molar-refractivity contribution < 1.29 is 17.6 Å². The molecule has 0 aliphatic rings. The molecule has 1 aromatic rings. The first-order valence-corrected chi connectivity index (χ1v) is 7.58. The normalized spacial score (nSPS) is 12.4. The van der Waals surface area contributed by atoms with Crippen molar-refractivity contribution in [1.29, 1.82) is 0 Å². The summed E-state index contributed by atoms with van der Waals surface area (Å²) in [6, 6.07) is 3.45. The summed E-state index contributed by atoms with van der Waals surface area (Å²) in [6.45, 7) is 3.04. The second kappa shape index (κ2) is 5.56. The highest BCUT2D eigenvalue weighted by atomic mass is 79.9. The average molecular weight is 353 g/mol. The molecule has 3 N–H and O–H groups in total. The molecule has 1 rings (SSSR count). The fourth-order valence-corrected chi connectivity index (χ4v) is 3.21. The first kappa shape index (κ1) is 16.1. The van der Waals surface area contributed by atoms with Gasteiger partial charge in [-0.15, -0.1) is 0 Å². The van der Waals surface area contributed by atoms with Gasteiger partial charge in [0.15, 0.2) is 0 Å². The molecule has 0 aliphatic heterocycles. The van der Waals surface area contributed by atoms with Crippen molar-refractivity contribution in [3.05, 3.63) is 28.5 Å². The molecule has 0 aromatic heterocycles. The topological polar surface area (TPSA) is 89.3 Å². The zero-order chi connectivity index (χ0) is 14.8. The van der Waals surface area contributed by atoms with Crippen molar-refractivity contribution in [2.45, 2.75) is 30.7 Å². The molecule has 0 radical (unpaired) electrons. The highest BCUT2D eigenvalue weighted by Gasteiger charge is 2.28. The van der Waals surface area contributed by atoms with E-state index in [2.05, 4.69) is 20.7 Å². The Morgan fingerprint density at radius 1 is 1.47 bits per heavy atom. The molecular weight excluding hydrogens is 339 g/mol. The first-order chi connectivity index (χ1) is 8.53. The van der Waals surface area contributed by atoms with E-state index >= 15 is 0 Å². The summed E-state index contributed by atoms with van der Waals surface area (Å²) in [4.78, 5) is 10.6. The van der Waals surface area contributed by atoms with Crippen molar-refractivity contribution in [2.24, 2.45) is 5.73 Å². The van der Waals surface area contributed by atoms with Crippen molar-refractivity contribution in [2.75, 3.05) is 0 Å². The number of halogens is 2. The molecule has 0 bridgehead atoms. The van der Waals surface area contributed by atoms with Gasteiger partial charge >= 0.3 is 0 Å². The molecule has 0 spiro atoms. The summed E-state index contributed by atoms with van der Waals surface area (Å²) in [5.41, 5.74) is 3.99. The molecule has 8 heteroatoms. The fourth-order valence-electron chi connectivity index (χ4n) is 1.54. The summed E-state index contributed by atoms with van der Waals surface area (Å²) < 4.78 is 39.9. The van der Waals surface area contributed by atoms with Crippen LogP contribution in [0.15, 0.2) is 27.6 Å². The number of primary amides is 1. The van der Waals surface area contributed by atoms with Gasteiger partial charge in [-0.25, -0.2) is 17.5 Å². The maximum atomic E-state index is 13.3. The maximum Gasteiger partial charge on any atom is 0.241 e. The lowest BCUT2D eigenvalue weighted by Gasteiger charge is -2.24. The monoisotopic (exact) mass is 352 g/mol. The van der Waals surface area contributed by atoms with Crippen LogP contribution in [-0.4, -0.2) is 19.9 Å². The Balaban J connectivity index is 3.04. The molecule has 19 heavy (non-hydrogen) atoms. The van der Waals surface area contributed by atoms with Crippen LogP contribution in [0.4, 0.5) is 4.39 Å². The Labute approximate surface area is 119 Å². The number of nitrogens with one attached hydrogen (secondary N) is 1. The van der Waals surface area contributed by atoms with Gasteiger partial charge in [0.1, 0.15) is 5.82 Å². The van der Waals surface area contributed by atoms with Gasteiger partial charge in [0.25, 0.3) is 0 Å². The number of nitrogens with two attached hydrogens (primary N) is 1. The quantitative estimate of drug-likeness (QED) is 0.841. The number of sulfonamides is 1. The van der Waals surface area contributed by atoms with E-state index in [0.29, 0.717) is 0 Å². The lowest BCUT2D eigenvalue weighted by molar-refractivity contribution is -0.119. The van der Waals surface area contributed by atoms with Gasteiger partial charge in [0.05, 0.1) is 9.37 Å². The van der Waals surface area contributed by atoms with E-state index in [1.54, 1.807) is 0 Å². The van der Waals surface area contributed by atoms with E-state index in [1.807, 2.05) is 0 Å². The SMILES string of the molecule is CC(C)(CC(N)=O)NS(=O)(=O)c1ccc(Br)c(F)c1. The van der Waals surface area contributed by atoms with Crippen LogP contribution in [0.5, 0.6) is 0 Å². The molecule has 1 aromatic carbocycles. The summed E-state index contributed by atoms with van der Waals surface area (Å²) in [6.07, 6.45) is -0.161. The number of carbonyl (C=O) groups is 1. The van der Waals surface area contributed by atoms with Gasteiger partial charge in [0, 0.05) is 12.0 Å². The number of hydrogen-bond acceptors (Lipinski definition) is 3. The Kier molecular flexibility index (Phi) is 4.70. The molecular formula is C11H14BrFN2O3S. The average Bonchev–Trinajstić information content (AvgIpc) is 2.17. The molecule has 1 amide bonds. The smallest absolute Gasteiger partial charge is 0.241 e. The minimum Gasteiger partial charge on any atom is -0.370 e. The zero-order valence-electron chi connectivity index (χ0n) is 10.4. The van der Waals surface area contributed by atoms with Crippen LogP contribution in [-0.2, 0) is 14.8 Å². The van der Waals surface area contributed by atoms with Gasteiger partial charge in [-0.1, -0.05) is 0 Å². The Hall–Kier alpha value is -0.990. The molecule has 0 saturated heterocycles. The van der Waals surface area contributed by atoms with E-state index in [0.717, 1.165) is 6.07 Å². The molecule has 0 unspecified atom stereocenters. The predicted molar refractivity (Wildman–Crippen MR) is 72.3 cm³/mol. The van der Waals surface area contributed by atoms with E-state index in [9.17, 15) is 17.6 Å². The van der Waals surface area contributed by atoms with Crippen molar-refractivity contribution in [3.8, 4) is 0 Å². The third-order valence-electron chi connectivity index (χ3n) is 2.23. The van der Waals surface area contributed by atoms with E-state index in [-0.39, 0.29) is 15.8 Å². The summed E-state index contributed by atoms with van der Waals surface area (Å²) in [5.74, 6) is -1.31. The summed E-state index contributed by atoms with van der Waals surface area (Å²) in [7, 11) is -3.92. The number of hydrogen-bond donors (Lipinski definition) is 2. The minimum atomic E-state index is -3.92. The second-order valence-electron chi connectivity index (χ2n) is 4.71. The van der Waals surface area contributed by atoms with Crippen molar-refractivity contribution in [3.63, 3.8) is 0 Å². The number of benzene rings is 1. The Morgan fingerprint density at radius 3 is 2.53 bits per heavy atom. The summed E-state index contributed by atoms with van der Waals surface area (Å²) in [5, 5.41) is 0. The van der Waals surface area contributed by atoms with Crippen molar-refractivity contribution >= 4 is 31.9 Å². The van der Waals surface area contributed by atoms with Gasteiger partial charge in [-0.05, 0) is 48.0 Å². The lowest BCUT2D eigenvalue weighted by atomic mass is 10.0. The van der Waals surface area contributed by atoms with E-state index in [4.69, 9.17) is 5.73 Å². The molecule has 0 aliphatic carbocycles. The minimum absolute atomic E-state index is 0.161. The standard InChI is InChI=1S/C11H14BrFN2O3S/c1-11(2,6-10(14)16)15-19(17,18)7-3-4-8(12)9(13)5-7/h3-5,15H,6H2,1-2H3,(H2,14,16). The maximum absolute atomic E-state index is 13.3. The van der Waals surface area contributed by atoms with Crippen LogP contribution in [0.25, 0.3) is 0 Å². The van der Waals surface area contributed by atoms with Crippen LogP contribution in [0.2, 0.25) is 0 Å². The largest absolute Gasteiger partial charge is 0.370 e. The van der Waals surface area contributed by atoms with Gasteiger partial charge in [-0.2, -0.15) is 0 Å². The molecule has 0 saturated carbocycles. The number of carbonyl (C=O) groups excluding carboxylic acids is 1.